The molecule has 2 aromatic rings. The first-order valence-corrected chi connectivity index (χ1v) is 12.4. The van der Waals surface area contributed by atoms with E-state index in [0.29, 0.717) is 0 Å². The first-order valence-electron chi connectivity index (χ1n) is 7.52. The second kappa shape index (κ2) is 8.93. The third-order valence-electron chi connectivity index (χ3n) is 3.15. The minimum Gasteiger partial charge on any atom is -0.741 e. The minimum absolute atomic E-state index is 1.01. The van der Waals surface area contributed by atoms with Crippen LogP contribution in [0.1, 0.15) is 12.5 Å². The molecular weight excluding hydrogens is 497 g/mol. The first kappa shape index (κ1) is 21.5. The van der Waals surface area contributed by atoms with E-state index in [2.05, 4.69) is 71.7 Å². The van der Waals surface area contributed by atoms with Crippen molar-refractivity contribution in [1.29, 1.82) is 0 Å². The van der Waals surface area contributed by atoms with E-state index in [1.807, 2.05) is 6.07 Å². The van der Waals surface area contributed by atoms with Crippen LogP contribution in [0.4, 0.5) is 13.2 Å². The van der Waals surface area contributed by atoms with Gasteiger partial charge in [0, 0.05) is 0 Å². The fourth-order valence-corrected chi connectivity index (χ4v) is 6.10. The Hall–Kier alpha value is -1.79. The van der Waals surface area contributed by atoms with Gasteiger partial charge in [-0.15, -0.1) is 0 Å². The molecule has 0 aromatic heterocycles. The second-order valence-electron chi connectivity index (χ2n) is 5.33. The third kappa shape index (κ3) is 6.40. The molecule has 1 aliphatic heterocycles. The van der Waals surface area contributed by atoms with Gasteiger partial charge in [0.2, 0.25) is 0 Å². The molecule has 0 amide bonds. The monoisotopic (exact) mass is 514 g/mol. The van der Waals surface area contributed by atoms with Gasteiger partial charge >= 0.3 is 126 Å². The van der Waals surface area contributed by atoms with Crippen LogP contribution in [0.15, 0.2) is 76.4 Å². The maximum absolute atomic E-state index is 10.7. The van der Waals surface area contributed by atoms with Crippen molar-refractivity contribution in [3.8, 4) is 0 Å². The van der Waals surface area contributed by atoms with Gasteiger partial charge in [-0.3, -0.25) is 0 Å². The van der Waals surface area contributed by atoms with Gasteiger partial charge in [-0.25, -0.2) is 8.42 Å². The van der Waals surface area contributed by atoms with Crippen LogP contribution >= 0.6 is 0 Å². The molecular formula is C18H15F3O4STe. The number of alkyl halides is 3. The van der Waals surface area contributed by atoms with Crippen molar-refractivity contribution in [3.05, 3.63) is 82.0 Å². The van der Waals surface area contributed by atoms with E-state index in [9.17, 15) is 13.2 Å². The molecule has 0 N–H and O–H groups in total. The van der Waals surface area contributed by atoms with Crippen molar-refractivity contribution in [2.45, 2.75) is 12.4 Å². The van der Waals surface area contributed by atoms with Crippen LogP contribution in [0.25, 0.3) is 5.76 Å². The number of hydrogen-bond donors (Lipinski definition) is 0. The number of halogens is 3. The SMILES string of the molecule is CC1=C[Te](c2ccccc2)=[O+]C(c2ccccc2)=C1.O=S(=O)([O-])C(F)(F)F. The van der Waals surface area contributed by atoms with Crippen LogP contribution in [0, 0.1) is 0 Å². The number of hydrogen-bond acceptors (Lipinski definition) is 3. The zero-order valence-electron chi connectivity index (χ0n) is 14.0. The van der Waals surface area contributed by atoms with Crippen LogP contribution in [0.5, 0.6) is 0 Å². The van der Waals surface area contributed by atoms with Gasteiger partial charge in [0.1, 0.15) is 0 Å². The molecule has 4 nitrogen and oxygen atoms in total. The van der Waals surface area contributed by atoms with Crippen LogP contribution in [0.3, 0.4) is 0 Å². The van der Waals surface area contributed by atoms with Crippen molar-refractivity contribution < 1.29 is 28.9 Å². The molecule has 27 heavy (non-hydrogen) atoms. The zero-order chi connectivity index (χ0) is 20.1. The molecule has 9 heteroatoms. The number of allylic oxidation sites excluding steroid dienone is 2. The summed E-state index contributed by atoms with van der Waals surface area (Å²) in [5, 5.41) is 0. The summed E-state index contributed by atoms with van der Waals surface area (Å²) in [4.78, 5) is 0. The van der Waals surface area contributed by atoms with Crippen molar-refractivity contribution in [2.24, 2.45) is 0 Å². The van der Waals surface area contributed by atoms with Crippen molar-refractivity contribution in [1.82, 2.24) is 0 Å². The first-order chi connectivity index (χ1) is 12.6. The summed E-state index contributed by atoms with van der Waals surface area (Å²) in [5.41, 5.74) is -3.17. The van der Waals surface area contributed by atoms with E-state index in [-0.39, 0.29) is 0 Å². The Morgan fingerprint density at radius 1 is 0.963 bits per heavy atom. The van der Waals surface area contributed by atoms with E-state index in [1.54, 1.807) is 0 Å². The zero-order valence-corrected chi connectivity index (χ0v) is 17.2. The Morgan fingerprint density at radius 3 is 1.93 bits per heavy atom. The Morgan fingerprint density at radius 2 is 1.44 bits per heavy atom. The summed E-state index contributed by atoms with van der Waals surface area (Å²) >= 11 is -1.84. The van der Waals surface area contributed by atoms with Gasteiger partial charge in [0.25, 0.3) is 0 Å². The second-order valence-corrected chi connectivity index (χ2v) is 10.9. The van der Waals surface area contributed by atoms with Crippen LogP contribution < -0.4 is 3.61 Å². The molecule has 0 saturated heterocycles. The maximum Gasteiger partial charge on any atom is 0.485 e. The Kier molecular flexibility index (Phi) is 7.12. The van der Waals surface area contributed by atoms with E-state index < -0.39 is 35.2 Å². The molecule has 1 aliphatic rings. The summed E-state index contributed by atoms with van der Waals surface area (Å²) in [7, 11) is -6.09. The molecule has 0 radical (unpaired) electrons. The predicted molar refractivity (Wildman–Crippen MR) is 96.4 cm³/mol. The summed E-state index contributed by atoms with van der Waals surface area (Å²) in [6.45, 7) is 2.15. The normalized spacial score (nSPS) is 15.0. The molecule has 0 atom stereocenters. The largest absolute Gasteiger partial charge is 0.741 e. The predicted octanol–water partition coefficient (Wildman–Crippen LogP) is 3.44. The van der Waals surface area contributed by atoms with Crippen molar-refractivity contribution in [3.63, 3.8) is 0 Å². The number of benzene rings is 2. The van der Waals surface area contributed by atoms with Crippen LogP contribution in [-0.2, 0) is 12.9 Å². The molecule has 0 spiro atoms. The van der Waals surface area contributed by atoms with Gasteiger partial charge in [-0.05, 0) is 0 Å². The molecule has 0 fully saturated rings. The molecule has 0 unspecified atom stereocenters. The van der Waals surface area contributed by atoms with E-state index in [4.69, 9.17) is 15.7 Å². The molecule has 1 heterocycles. The maximum atomic E-state index is 10.7. The van der Waals surface area contributed by atoms with Crippen molar-refractivity contribution >= 4 is 39.0 Å². The van der Waals surface area contributed by atoms with Gasteiger partial charge < -0.3 is 4.55 Å². The molecule has 0 bridgehead atoms. The fraction of sp³-hybridized carbons (Fsp3) is 0.111. The average molecular weight is 512 g/mol. The van der Waals surface area contributed by atoms with Gasteiger partial charge in [0.15, 0.2) is 10.1 Å². The summed E-state index contributed by atoms with van der Waals surface area (Å²) in [6, 6.07) is 20.9. The average Bonchev–Trinajstić information content (AvgIpc) is 2.61. The van der Waals surface area contributed by atoms with Gasteiger partial charge in [-0.2, -0.15) is 13.2 Å². The van der Waals surface area contributed by atoms with Crippen LogP contribution in [-0.4, -0.2) is 38.0 Å². The molecule has 144 valence electrons. The van der Waals surface area contributed by atoms with E-state index in [1.165, 1.54) is 9.18 Å². The Balaban J connectivity index is 0.000000279. The third-order valence-corrected chi connectivity index (χ3v) is 8.52. The van der Waals surface area contributed by atoms with E-state index >= 15 is 0 Å². The van der Waals surface area contributed by atoms with Gasteiger partial charge in [0.05, 0.1) is 0 Å². The summed E-state index contributed by atoms with van der Waals surface area (Å²) < 4.78 is 68.9. The summed E-state index contributed by atoms with van der Waals surface area (Å²) in [6.07, 6.45) is 2.13. The Bertz CT molecular complexity index is 940. The van der Waals surface area contributed by atoms with E-state index in [0.717, 1.165) is 11.3 Å². The minimum atomic E-state index is -6.09. The molecule has 0 saturated carbocycles. The summed E-state index contributed by atoms with van der Waals surface area (Å²) in [5.74, 6) is 1.01. The molecule has 3 rings (SSSR count). The van der Waals surface area contributed by atoms with Gasteiger partial charge in [-0.1, -0.05) is 0 Å². The Labute approximate surface area is 162 Å². The fourth-order valence-electron chi connectivity index (χ4n) is 1.96. The number of rotatable bonds is 2. The standard InChI is InChI=1S/C17H15OTe.CHF3O3S/c1-14-12-17(15-8-4-2-5-9-15)18-19(13-14)16-10-6-3-7-11-16;2-1(3,4)8(5,6)7/h2-13H,1H3;(H,5,6,7)/q+1;/p-1. The van der Waals surface area contributed by atoms with Crippen molar-refractivity contribution in [2.75, 3.05) is 0 Å². The smallest absolute Gasteiger partial charge is 0.485 e. The quantitative estimate of drug-likeness (QED) is 0.268. The molecule has 2 aromatic carbocycles. The molecule has 0 aliphatic carbocycles. The topological polar surface area (TPSA) is 68.5 Å². The van der Waals surface area contributed by atoms with Crippen LogP contribution in [0.2, 0.25) is 0 Å².